The van der Waals surface area contributed by atoms with Crippen molar-refractivity contribution < 1.29 is 36.5 Å². The molecule has 0 aromatic heterocycles. The van der Waals surface area contributed by atoms with E-state index < -0.39 is 64.7 Å². The van der Waals surface area contributed by atoms with Gasteiger partial charge in [-0.15, -0.1) is 0 Å². The van der Waals surface area contributed by atoms with Crippen molar-refractivity contribution in [1.82, 2.24) is 10.2 Å². The predicted molar refractivity (Wildman–Crippen MR) is 81.2 cm³/mol. The third kappa shape index (κ3) is 4.68. The topological polar surface area (TPSA) is 92.6 Å². The fourth-order valence-electron chi connectivity index (χ4n) is 2.82. The number of rotatable bonds is 4. The van der Waals surface area contributed by atoms with Crippen LogP contribution in [0.3, 0.4) is 0 Å². The Hall–Kier alpha value is -2.79. The summed E-state index contributed by atoms with van der Waals surface area (Å²) in [6.07, 6.45) is -5.66. The first-order valence-electron chi connectivity index (χ1n) is 7.61. The molecule has 0 saturated carbocycles. The summed E-state index contributed by atoms with van der Waals surface area (Å²) in [6.45, 7) is -0.0765. The van der Waals surface area contributed by atoms with Crippen LogP contribution in [0.1, 0.15) is 29.3 Å². The molecule has 1 saturated heterocycles. The lowest BCUT2D eigenvalue weighted by Crippen LogP contribution is -2.42. The first kappa shape index (κ1) is 20.5. The number of amides is 2. The molecule has 12 heteroatoms. The first-order chi connectivity index (χ1) is 12.3. The Bertz CT molecular complexity index is 781. The number of benzene rings is 1. The van der Waals surface area contributed by atoms with Crippen LogP contribution in [0, 0.1) is 10.1 Å². The van der Waals surface area contributed by atoms with Crippen molar-refractivity contribution in [1.29, 1.82) is 0 Å². The normalized spacial score (nSPS) is 19.0. The van der Waals surface area contributed by atoms with E-state index in [1.807, 2.05) is 0 Å². The van der Waals surface area contributed by atoms with Gasteiger partial charge in [-0.2, -0.15) is 13.2 Å². The minimum atomic E-state index is -4.98. The van der Waals surface area contributed by atoms with Crippen molar-refractivity contribution in [3.63, 3.8) is 0 Å². The molecule has 1 heterocycles. The summed E-state index contributed by atoms with van der Waals surface area (Å²) in [5.74, 6) is -4.71. The first-order valence-corrected chi connectivity index (χ1v) is 7.61. The van der Waals surface area contributed by atoms with Gasteiger partial charge in [0.2, 0.25) is 5.91 Å². The second-order valence-electron chi connectivity index (χ2n) is 6.06. The lowest BCUT2D eigenvalue weighted by molar-refractivity contribution is -0.388. The second-order valence-corrected chi connectivity index (χ2v) is 6.06. The molecule has 1 fully saturated rings. The van der Waals surface area contributed by atoms with Crippen LogP contribution in [-0.4, -0.2) is 46.7 Å². The predicted octanol–water partition coefficient (Wildman–Crippen LogP) is 2.60. The van der Waals surface area contributed by atoms with Gasteiger partial charge in [-0.05, 0) is 12.1 Å². The van der Waals surface area contributed by atoms with Gasteiger partial charge in [-0.25, -0.2) is 8.78 Å². The maximum Gasteiger partial charge on any atom is 0.422 e. The molecule has 7 nitrogen and oxygen atoms in total. The number of halogens is 5. The van der Waals surface area contributed by atoms with E-state index in [4.69, 9.17) is 0 Å². The van der Waals surface area contributed by atoms with Gasteiger partial charge in [0, 0.05) is 31.5 Å². The molecule has 1 aliphatic heterocycles. The molecule has 27 heavy (non-hydrogen) atoms. The summed E-state index contributed by atoms with van der Waals surface area (Å²) in [6, 6.07) is 0.617. The molecule has 2 amide bonds. The smallest absolute Gasteiger partial charge is 0.350 e. The summed E-state index contributed by atoms with van der Waals surface area (Å²) in [4.78, 5) is 33.9. The number of nitro benzene ring substituents is 1. The molecule has 1 aromatic carbocycles. The lowest BCUT2D eigenvalue weighted by Gasteiger charge is -2.22. The summed E-state index contributed by atoms with van der Waals surface area (Å²) < 4.78 is 65.2. The van der Waals surface area contributed by atoms with E-state index in [0.29, 0.717) is 12.1 Å². The zero-order valence-electron chi connectivity index (χ0n) is 13.8. The molecule has 1 aliphatic rings. The number of alkyl halides is 5. The average Bonchev–Trinajstić information content (AvgIpc) is 2.86. The molecule has 0 spiro atoms. The number of hydrogen-bond acceptors (Lipinski definition) is 4. The number of nitrogens with one attached hydrogen (secondary N) is 1. The van der Waals surface area contributed by atoms with Crippen LogP contribution in [0.15, 0.2) is 18.2 Å². The number of likely N-dealkylation sites (tertiary alicyclic amines) is 1. The number of carbonyl (C=O) groups is 2. The Morgan fingerprint density at radius 3 is 2.52 bits per heavy atom. The highest BCUT2D eigenvalue weighted by molar-refractivity contribution is 5.95. The van der Waals surface area contributed by atoms with Crippen molar-refractivity contribution in [2.24, 2.45) is 0 Å². The minimum absolute atomic E-state index is 0.372. The van der Waals surface area contributed by atoms with Gasteiger partial charge in [-0.1, -0.05) is 0 Å². The van der Waals surface area contributed by atoms with Crippen LogP contribution in [0.5, 0.6) is 0 Å². The average molecular weight is 395 g/mol. The Labute approximate surface area is 149 Å². The van der Waals surface area contributed by atoms with Crippen molar-refractivity contribution in [3.8, 4) is 0 Å². The van der Waals surface area contributed by atoms with Gasteiger partial charge in [-0.3, -0.25) is 19.7 Å². The van der Waals surface area contributed by atoms with Crippen LogP contribution in [0.4, 0.5) is 27.6 Å². The molecule has 1 N–H and O–H groups in total. The highest BCUT2D eigenvalue weighted by atomic mass is 19.4. The van der Waals surface area contributed by atoms with Crippen LogP contribution in [0.25, 0.3) is 0 Å². The standard InChI is InChI=1S/C15H14F5N3O4/c1-8(24)22-7-14(16,17)5-10(22)6-21-13(25)9-2-3-11(15(18,19)20)12(4-9)23(26)27/h2-4,10H,5-7H2,1H3,(H,21,25)/t10-/m0/s1. The molecule has 1 aromatic rings. The third-order valence-electron chi connectivity index (χ3n) is 4.04. The van der Waals surface area contributed by atoms with Crippen LogP contribution >= 0.6 is 0 Å². The van der Waals surface area contributed by atoms with Crippen LogP contribution < -0.4 is 5.32 Å². The quantitative estimate of drug-likeness (QED) is 0.482. The fourth-order valence-corrected chi connectivity index (χ4v) is 2.82. The van der Waals surface area contributed by atoms with E-state index in [1.165, 1.54) is 0 Å². The Balaban J connectivity index is 2.16. The highest BCUT2D eigenvalue weighted by Crippen LogP contribution is 2.36. The third-order valence-corrected chi connectivity index (χ3v) is 4.04. The van der Waals surface area contributed by atoms with Gasteiger partial charge < -0.3 is 10.2 Å². The van der Waals surface area contributed by atoms with E-state index in [1.54, 1.807) is 0 Å². The van der Waals surface area contributed by atoms with Gasteiger partial charge in [0.1, 0.15) is 5.56 Å². The molecule has 0 radical (unpaired) electrons. The summed E-state index contributed by atoms with van der Waals surface area (Å²) in [7, 11) is 0. The van der Waals surface area contributed by atoms with Gasteiger partial charge >= 0.3 is 6.18 Å². The van der Waals surface area contributed by atoms with Crippen LogP contribution in [-0.2, 0) is 11.0 Å². The minimum Gasteiger partial charge on any atom is -0.350 e. The SMILES string of the molecule is CC(=O)N1CC(F)(F)C[C@H]1CNC(=O)c1ccc(C(F)(F)F)c([N+](=O)[O-])c1. The molecular formula is C15H14F5N3O4. The van der Waals surface area contributed by atoms with Crippen molar-refractivity contribution >= 4 is 17.5 Å². The fraction of sp³-hybridized carbons (Fsp3) is 0.467. The van der Waals surface area contributed by atoms with E-state index in [2.05, 4.69) is 5.32 Å². The molecule has 1 atom stereocenters. The molecule has 0 bridgehead atoms. The van der Waals surface area contributed by atoms with Gasteiger partial charge in [0.25, 0.3) is 17.5 Å². The summed E-state index contributed by atoms with van der Waals surface area (Å²) in [5, 5.41) is 13.1. The zero-order valence-corrected chi connectivity index (χ0v) is 13.8. The van der Waals surface area contributed by atoms with Crippen molar-refractivity contribution in [2.75, 3.05) is 13.1 Å². The lowest BCUT2D eigenvalue weighted by atomic mass is 10.1. The van der Waals surface area contributed by atoms with Crippen molar-refractivity contribution in [2.45, 2.75) is 31.5 Å². The summed E-state index contributed by atoms with van der Waals surface area (Å²) in [5.41, 5.74) is -3.25. The second kappa shape index (κ2) is 7.08. The van der Waals surface area contributed by atoms with E-state index in [0.717, 1.165) is 17.9 Å². The zero-order chi connectivity index (χ0) is 20.6. The maximum absolute atomic E-state index is 13.5. The largest absolute Gasteiger partial charge is 0.422 e. The van der Waals surface area contributed by atoms with E-state index >= 15 is 0 Å². The molecule has 148 valence electrons. The summed E-state index contributed by atoms with van der Waals surface area (Å²) >= 11 is 0. The maximum atomic E-state index is 13.5. The Morgan fingerprint density at radius 1 is 1.37 bits per heavy atom. The Kier molecular flexibility index (Phi) is 5.38. The molecule has 0 unspecified atom stereocenters. The number of hydrogen-bond donors (Lipinski definition) is 1. The number of nitrogens with zero attached hydrogens (tertiary/aromatic N) is 2. The van der Waals surface area contributed by atoms with E-state index in [9.17, 15) is 41.7 Å². The molecule has 2 rings (SSSR count). The van der Waals surface area contributed by atoms with Crippen LogP contribution in [0.2, 0.25) is 0 Å². The molecule has 0 aliphatic carbocycles. The number of nitro groups is 1. The van der Waals surface area contributed by atoms with Crippen molar-refractivity contribution in [3.05, 3.63) is 39.4 Å². The monoisotopic (exact) mass is 395 g/mol. The Morgan fingerprint density at radius 2 is 2.00 bits per heavy atom. The van der Waals surface area contributed by atoms with Gasteiger partial charge in [0.05, 0.1) is 17.5 Å². The van der Waals surface area contributed by atoms with Gasteiger partial charge in [0.15, 0.2) is 0 Å². The number of carbonyl (C=O) groups excluding carboxylic acids is 2. The van der Waals surface area contributed by atoms with E-state index in [-0.39, 0.29) is 6.54 Å². The molecular weight excluding hydrogens is 381 g/mol. The highest BCUT2D eigenvalue weighted by Gasteiger charge is 2.46.